The third kappa shape index (κ3) is 3.83. The first-order chi connectivity index (χ1) is 9.56. The van der Waals surface area contributed by atoms with Crippen LogP contribution < -0.4 is 0 Å². The van der Waals surface area contributed by atoms with Crippen LogP contribution in [0.3, 0.4) is 0 Å². The Bertz CT molecular complexity index is 498. The lowest BCUT2D eigenvalue weighted by Crippen LogP contribution is -2.42. The van der Waals surface area contributed by atoms with E-state index in [1.807, 2.05) is 25.1 Å². The van der Waals surface area contributed by atoms with E-state index in [9.17, 15) is 9.59 Å². The van der Waals surface area contributed by atoms with Crippen LogP contribution in [0.1, 0.15) is 30.4 Å². The summed E-state index contributed by atoms with van der Waals surface area (Å²) < 4.78 is 0. The summed E-state index contributed by atoms with van der Waals surface area (Å²) in [4.78, 5) is 24.9. The Morgan fingerprint density at radius 3 is 2.90 bits per heavy atom. The molecule has 0 bridgehead atoms. The third-order valence-electron chi connectivity index (χ3n) is 3.83. The molecule has 2 rings (SSSR count). The number of carboxylic acid groups (broad SMARTS) is 1. The number of hydrogen-bond donors (Lipinski definition) is 1. The zero-order valence-corrected chi connectivity index (χ0v) is 11.8. The topological polar surface area (TPSA) is 57.6 Å². The molecule has 4 nitrogen and oxygen atoms in total. The first-order valence-corrected chi connectivity index (χ1v) is 7.12. The summed E-state index contributed by atoms with van der Waals surface area (Å²) in [6.07, 6.45) is 2.63. The van der Waals surface area contributed by atoms with Gasteiger partial charge in [-0.15, -0.1) is 0 Å². The molecule has 0 unspecified atom stereocenters. The van der Waals surface area contributed by atoms with Crippen molar-refractivity contribution in [3.8, 4) is 0 Å². The van der Waals surface area contributed by atoms with Crippen LogP contribution in [0.2, 0.25) is 0 Å². The minimum atomic E-state index is -0.791. The normalized spacial score (nSPS) is 18.9. The number of nitrogens with zero attached hydrogens (tertiary/aromatic N) is 1. The molecule has 1 aliphatic heterocycles. The predicted octanol–water partition coefficient (Wildman–Crippen LogP) is 2.25. The molecular formula is C16H21NO3. The van der Waals surface area contributed by atoms with E-state index in [1.165, 1.54) is 5.56 Å². The second kappa shape index (κ2) is 6.55. The Hall–Kier alpha value is -1.84. The van der Waals surface area contributed by atoms with Crippen LogP contribution in [0.4, 0.5) is 0 Å². The number of carbonyl (C=O) groups is 2. The lowest BCUT2D eigenvalue weighted by atomic mass is 9.97. The van der Waals surface area contributed by atoms with Gasteiger partial charge in [-0.2, -0.15) is 0 Å². The van der Waals surface area contributed by atoms with Crippen molar-refractivity contribution in [1.29, 1.82) is 0 Å². The fourth-order valence-corrected chi connectivity index (χ4v) is 2.68. The first kappa shape index (κ1) is 14.6. The number of hydrogen-bond acceptors (Lipinski definition) is 2. The summed E-state index contributed by atoms with van der Waals surface area (Å²) >= 11 is 0. The second-order valence-corrected chi connectivity index (χ2v) is 5.51. The third-order valence-corrected chi connectivity index (χ3v) is 3.83. The molecule has 1 N–H and O–H groups in total. The Kier molecular flexibility index (Phi) is 4.77. The van der Waals surface area contributed by atoms with E-state index in [0.29, 0.717) is 25.9 Å². The summed E-state index contributed by atoms with van der Waals surface area (Å²) in [7, 11) is 0. The number of aryl methyl sites for hydroxylation is 2. The highest BCUT2D eigenvalue weighted by Crippen LogP contribution is 2.18. The Morgan fingerprint density at radius 1 is 1.40 bits per heavy atom. The lowest BCUT2D eigenvalue weighted by molar-refractivity contribution is -0.145. The number of rotatable bonds is 4. The number of aliphatic carboxylic acids is 1. The van der Waals surface area contributed by atoms with Gasteiger partial charge in [0.05, 0.1) is 5.92 Å². The number of carboxylic acids is 1. The van der Waals surface area contributed by atoms with Gasteiger partial charge in [0.15, 0.2) is 0 Å². The molecule has 1 aromatic rings. The van der Waals surface area contributed by atoms with Crippen LogP contribution >= 0.6 is 0 Å². The molecule has 1 fully saturated rings. The van der Waals surface area contributed by atoms with Crippen molar-refractivity contribution in [2.75, 3.05) is 13.1 Å². The number of benzene rings is 1. The molecule has 0 saturated carbocycles. The van der Waals surface area contributed by atoms with E-state index in [0.717, 1.165) is 18.4 Å². The van der Waals surface area contributed by atoms with Crippen LogP contribution in [0, 0.1) is 12.8 Å². The maximum atomic E-state index is 12.2. The molecule has 1 amide bonds. The van der Waals surface area contributed by atoms with Gasteiger partial charge in [0.1, 0.15) is 0 Å². The zero-order valence-electron chi connectivity index (χ0n) is 11.8. The number of piperidine rings is 1. The van der Waals surface area contributed by atoms with E-state index < -0.39 is 11.9 Å². The minimum Gasteiger partial charge on any atom is -0.481 e. The average Bonchev–Trinajstić information content (AvgIpc) is 2.45. The lowest BCUT2D eigenvalue weighted by Gasteiger charge is -2.30. The highest BCUT2D eigenvalue weighted by atomic mass is 16.4. The summed E-state index contributed by atoms with van der Waals surface area (Å²) in [5.41, 5.74) is 2.35. The molecule has 0 aliphatic carbocycles. The van der Waals surface area contributed by atoms with Crippen molar-refractivity contribution in [2.45, 2.75) is 32.6 Å². The quantitative estimate of drug-likeness (QED) is 0.917. The van der Waals surface area contributed by atoms with Crippen molar-refractivity contribution in [2.24, 2.45) is 5.92 Å². The summed E-state index contributed by atoms with van der Waals surface area (Å²) in [6, 6.07) is 8.14. The molecule has 0 spiro atoms. The maximum absolute atomic E-state index is 12.2. The van der Waals surface area contributed by atoms with Gasteiger partial charge in [0.2, 0.25) is 5.91 Å². The van der Waals surface area contributed by atoms with Crippen molar-refractivity contribution >= 4 is 11.9 Å². The molecule has 4 heteroatoms. The number of amides is 1. The van der Waals surface area contributed by atoms with Gasteiger partial charge in [0, 0.05) is 19.5 Å². The molecule has 1 heterocycles. The van der Waals surface area contributed by atoms with Gasteiger partial charge in [-0.05, 0) is 31.7 Å². The fourth-order valence-electron chi connectivity index (χ4n) is 2.68. The zero-order chi connectivity index (χ0) is 14.5. The second-order valence-electron chi connectivity index (χ2n) is 5.51. The van der Waals surface area contributed by atoms with Crippen LogP contribution in [0.5, 0.6) is 0 Å². The van der Waals surface area contributed by atoms with Gasteiger partial charge in [0.25, 0.3) is 0 Å². The highest BCUT2D eigenvalue weighted by Gasteiger charge is 2.27. The first-order valence-electron chi connectivity index (χ1n) is 7.12. The van der Waals surface area contributed by atoms with E-state index in [4.69, 9.17) is 5.11 Å². The molecule has 1 saturated heterocycles. The SMILES string of the molecule is Cc1cccc(CCC(=O)N2CCC[C@@H](C(=O)O)C2)c1. The maximum Gasteiger partial charge on any atom is 0.308 e. The summed E-state index contributed by atoms with van der Waals surface area (Å²) in [6.45, 7) is 3.09. The van der Waals surface area contributed by atoms with Gasteiger partial charge in [-0.3, -0.25) is 9.59 Å². The minimum absolute atomic E-state index is 0.0671. The molecule has 0 aromatic heterocycles. The van der Waals surface area contributed by atoms with Gasteiger partial charge >= 0.3 is 5.97 Å². The summed E-state index contributed by atoms with van der Waals surface area (Å²) in [5, 5.41) is 9.04. The van der Waals surface area contributed by atoms with Crippen molar-refractivity contribution < 1.29 is 14.7 Å². The van der Waals surface area contributed by atoms with Crippen LogP contribution in [-0.4, -0.2) is 35.0 Å². The van der Waals surface area contributed by atoms with E-state index in [-0.39, 0.29) is 5.91 Å². The molecule has 0 radical (unpaired) electrons. The van der Waals surface area contributed by atoms with Gasteiger partial charge < -0.3 is 10.0 Å². The average molecular weight is 275 g/mol. The van der Waals surface area contributed by atoms with Crippen LogP contribution in [-0.2, 0) is 16.0 Å². The summed E-state index contributed by atoms with van der Waals surface area (Å²) in [5.74, 6) is -1.12. The predicted molar refractivity (Wildman–Crippen MR) is 76.4 cm³/mol. The van der Waals surface area contributed by atoms with E-state index in [1.54, 1.807) is 4.90 Å². The monoisotopic (exact) mass is 275 g/mol. The van der Waals surface area contributed by atoms with E-state index >= 15 is 0 Å². The number of likely N-dealkylation sites (tertiary alicyclic amines) is 1. The van der Waals surface area contributed by atoms with Crippen molar-refractivity contribution in [3.05, 3.63) is 35.4 Å². The standard InChI is InChI=1S/C16H21NO3/c1-12-4-2-5-13(10-12)7-8-15(18)17-9-3-6-14(11-17)16(19)20/h2,4-5,10,14H,3,6-9,11H2,1H3,(H,19,20)/t14-/m1/s1. The largest absolute Gasteiger partial charge is 0.481 e. The van der Waals surface area contributed by atoms with E-state index in [2.05, 4.69) is 6.07 Å². The van der Waals surface area contributed by atoms with Crippen LogP contribution in [0.15, 0.2) is 24.3 Å². The Balaban J connectivity index is 1.87. The molecule has 1 aromatic carbocycles. The number of carbonyl (C=O) groups excluding carboxylic acids is 1. The van der Waals surface area contributed by atoms with Crippen LogP contribution in [0.25, 0.3) is 0 Å². The van der Waals surface area contributed by atoms with Gasteiger partial charge in [-0.1, -0.05) is 29.8 Å². The van der Waals surface area contributed by atoms with Crippen molar-refractivity contribution in [3.63, 3.8) is 0 Å². The molecule has 1 aliphatic rings. The molecule has 20 heavy (non-hydrogen) atoms. The molecular weight excluding hydrogens is 254 g/mol. The Morgan fingerprint density at radius 2 is 2.20 bits per heavy atom. The Labute approximate surface area is 119 Å². The smallest absolute Gasteiger partial charge is 0.308 e. The fraction of sp³-hybridized carbons (Fsp3) is 0.500. The highest BCUT2D eigenvalue weighted by molar-refractivity contribution is 5.78. The molecule has 1 atom stereocenters. The molecule has 108 valence electrons. The van der Waals surface area contributed by atoms with Gasteiger partial charge in [-0.25, -0.2) is 0 Å². The van der Waals surface area contributed by atoms with Crippen molar-refractivity contribution in [1.82, 2.24) is 4.90 Å².